The lowest BCUT2D eigenvalue weighted by molar-refractivity contribution is 0.247. The molecule has 4 heteroatoms. The van der Waals surface area contributed by atoms with Gasteiger partial charge in [0, 0.05) is 6.04 Å². The number of rotatable bonds is 6. The van der Waals surface area contributed by atoms with Gasteiger partial charge in [0.25, 0.3) is 0 Å². The zero-order valence-electron chi connectivity index (χ0n) is 9.06. The first-order valence-electron chi connectivity index (χ1n) is 5.31. The van der Waals surface area contributed by atoms with Crippen molar-refractivity contribution in [3.05, 3.63) is 35.9 Å². The Kier molecular flexibility index (Phi) is 5.39. The Morgan fingerprint density at radius 3 is 2.53 bits per heavy atom. The molecule has 0 bridgehead atoms. The topological polar surface area (TPSA) is 52.5 Å². The van der Waals surface area contributed by atoms with E-state index in [1.54, 1.807) is 6.82 Å². The molecular formula is C11H18BNO2. The number of aliphatic hydroxyl groups is 1. The fourth-order valence-electron chi connectivity index (χ4n) is 1.55. The third kappa shape index (κ3) is 4.97. The molecule has 0 radical (unpaired) electrons. The van der Waals surface area contributed by atoms with Crippen molar-refractivity contribution >= 4 is 7.05 Å². The van der Waals surface area contributed by atoms with Crippen molar-refractivity contribution in [2.75, 3.05) is 6.61 Å². The summed E-state index contributed by atoms with van der Waals surface area (Å²) in [6.45, 7) is 1.71. The maximum atomic E-state index is 9.13. The van der Waals surface area contributed by atoms with Crippen molar-refractivity contribution < 1.29 is 10.1 Å². The molecule has 0 heterocycles. The summed E-state index contributed by atoms with van der Waals surface area (Å²) < 4.78 is 0. The Hall–Kier alpha value is -0.835. The molecule has 1 rings (SSSR count). The summed E-state index contributed by atoms with van der Waals surface area (Å²) in [6, 6.07) is 10.1. The van der Waals surface area contributed by atoms with Crippen molar-refractivity contribution in [3.8, 4) is 0 Å². The minimum Gasteiger partial charge on any atom is -0.437 e. The van der Waals surface area contributed by atoms with Gasteiger partial charge in [-0.3, -0.25) is 0 Å². The molecule has 0 fully saturated rings. The number of nitrogens with one attached hydrogen (secondary N) is 1. The van der Waals surface area contributed by atoms with Crippen LogP contribution in [0.2, 0.25) is 6.82 Å². The van der Waals surface area contributed by atoms with E-state index in [1.165, 1.54) is 5.56 Å². The summed E-state index contributed by atoms with van der Waals surface area (Å²) >= 11 is 0. The predicted octanol–water partition coefficient (Wildman–Crippen LogP) is 0.680. The molecule has 0 spiro atoms. The zero-order chi connectivity index (χ0) is 11.1. The van der Waals surface area contributed by atoms with Gasteiger partial charge in [0.2, 0.25) is 0 Å². The molecule has 1 aromatic carbocycles. The van der Waals surface area contributed by atoms with Crippen LogP contribution in [0.4, 0.5) is 0 Å². The van der Waals surface area contributed by atoms with Crippen molar-refractivity contribution in [1.29, 1.82) is 0 Å². The van der Waals surface area contributed by atoms with Gasteiger partial charge in [0.05, 0.1) is 6.61 Å². The van der Waals surface area contributed by atoms with Crippen LogP contribution in [0.25, 0.3) is 0 Å². The second-order valence-electron chi connectivity index (χ2n) is 3.75. The highest BCUT2D eigenvalue weighted by Gasteiger charge is 2.11. The first kappa shape index (κ1) is 12.2. The van der Waals surface area contributed by atoms with Gasteiger partial charge < -0.3 is 15.4 Å². The van der Waals surface area contributed by atoms with E-state index in [-0.39, 0.29) is 12.6 Å². The van der Waals surface area contributed by atoms with Crippen LogP contribution in [0.1, 0.15) is 12.0 Å². The average Bonchev–Trinajstić information content (AvgIpc) is 2.25. The second kappa shape index (κ2) is 6.61. The molecule has 3 nitrogen and oxygen atoms in total. The second-order valence-corrected chi connectivity index (χ2v) is 3.75. The van der Waals surface area contributed by atoms with Crippen LogP contribution in [0.3, 0.4) is 0 Å². The Labute approximate surface area is 91.3 Å². The van der Waals surface area contributed by atoms with Crippen LogP contribution in [-0.4, -0.2) is 29.8 Å². The molecule has 0 saturated carbocycles. The Morgan fingerprint density at radius 1 is 1.33 bits per heavy atom. The molecule has 0 saturated heterocycles. The lowest BCUT2D eigenvalue weighted by atomic mass is 9.86. The number of benzene rings is 1. The number of aliphatic hydroxyl groups excluding tert-OH is 1. The highest BCUT2D eigenvalue weighted by Crippen LogP contribution is 2.04. The standard InChI is InChI=1S/C11H18BNO2/c1-12(15)13-11(9-14)8-7-10-5-3-2-4-6-10/h2-6,11,13-15H,7-9H2,1H3. The van der Waals surface area contributed by atoms with E-state index >= 15 is 0 Å². The van der Waals surface area contributed by atoms with Crippen molar-refractivity contribution in [2.45, 2.75) is 25.7 Å². The Morgan fingerprint density at radius 2 is 2.00 bits per heavy atom. The van der Waals surface area contributed by atoms with Gasteiger partial charge in [-0.1, -0.05) is 30.3 Å². The number of aryl methyl sites for hydroxylation is 1. The zero-order valence-corrected chi connectivity index (χ0v) is 9.06. The molecule has 1 aromatic rings. The lowest BCUT2D eigenvalue weighted by Crippen LogP contribution is -2.42. The van der Waals surface area contributed by atoms with E-state index in [1.807, 2.05) is 18.2 Å². The van der Waals surface area contributed by atoms with Gasteiger partial charge in [-0.2, -0.15) is 0 Å². The van der Waals surface area contributed by atoms with Gasteiger partial charge >= 0.3 is 7.05 Å². The maximum absolute atomic E-state index is 9.13. The van der Waals surface area contributed by atoms with Crippen molar-refractivity contribution in [3.63, 3.8) is 0 Å². The van der Waals surface area contributed by atoms with Crippen LogP contribution in [0, 0.1) is 0 Å². The molecule has 3 N–H and O–H groups in total. The van der Waals surface area contributed by atoms with Crippen molar-refractivity contribution in [2.24, 2.45) is 0 Å². The average molecular weight is 207 g/mol. The van der Waals surface area contributed by atoms with E-state index in [9.17, 15) is 0 Å². The number of hydrogen-bond donors (Lipinski definition) is 3. The first-order chi connectivity index (χ1) is 7.22. The van der Waals surface area contributed by atoms with Crippen LogP contribution in [-0.2, 0) is 6.42 Å². The van der Waals surface area contributed by atoms with Crippen molar-refractivity contribution in [1.82, 2.24) is 5.23 Å². The largest absolute Gasteiger partial charge is 0.437 e. The van der Waals surface area contributed by atoms with E-state index in [2.05, 4.69) is 17.4 Å². The molecule has 0 aliphatic heterocycles. The molecule has 15 heavy (non-hydrogen) atoms. The fraction of sp³-hybridized carbons (Fsp3) is 0.455. The SMILES string of the molecule is CB(O)NC(CO)CCc1ccccc1. The van der Waals surface area contributed by atoms with Gasteiger partial charge in [0.15, 0.2) is 0 Å². The summed E-state index contributed by atoms with van der Waals surface area (Å²) in [4.78, 5) is 0. The quantitative estimate of drug-likeness (QED) is 0.601. The summed E-state index contributed by atoms with van der Waals surface area (Å²) in [5, 5.41) is 21.1. The van der Waals surface area contributed by atoms with E-state index < -0.39 is 7.05 Å². The lowest BCUT2D eigenvalue weighted by Gasteiger charge is -2.16. The first-order valence-corrected chi connectivity index (χ1v) is 5.31. The molecular weight excluding hydrogens is 189 g/mol. The Balaban J connectivity index is 2.34. The molecule has 1 unspecified atom stereocenters. The monoisotopic (exact) mass is 207 g/mol. The molecule has 0 aliphatic carbocycles. The van der Waals surface area contributed by atoms with E-state index in [0.717, 1.165) is 12.8 Å². The molecule has 0 aromatic heterocycles. The molecule has 1 atom stereocenters. The van der Waals surface area contributed by atoms with Crippen LogP contribution in [0.5, 0.6) is 0 Å². The third-order valence-corrected chi connectivity index (χ3v) is 2.32. The fourth-order valence-corrected chi connectivity index (χ4v) is 1.55. The molecule has 82 valence electrons. The normalized spacial score (nSPS) is 12.5. The number of hydrogen-bond acceptors (Lipinski definition) is 3. The molecule has 0 aliphatic rings. The van der Waals surface area contributed by atoms with Crippen LogP contribution >= 0.6 is 0 Å². The van der Waals surface area contributed by atoms with E-state index in [0.29, 0.717) is 0 Å². The smallest absolute Gasteiger partial charge is 0.373 e. The summed E-state index contributed by atoms with van der Waals surface area (Å²) in [5.41, 5.74) is 1.25. The van der Waals surface area contributed by atoms with E-state index in [4.69, 9.17) is 10.1 Å². The summed E-state index contributed by atoms with van der Waals surface area (Å²) in [5.74, 6) is 0. The highest BCUT2D eigenvalue weighted by molar-refractivity contribution is 6.45. The summed E-state index contributed by atoms with van der Waals surface area (Å²) in [6.07, 6.45) is 1.73. The van der Waals surface area contributed by atoms with Gasteiger partial charge in [0.1, 0.15) is 0 Å². The highest BCUT2D eigenvalue weighted by atomic mass is 16.3. The third-order valence-electron chi connectivity index (χ3n) is 2.32. The van der Waals surface area contributed by atoms with Crippen LogP contribution < -0.4 is 5.23 Å². The minimum absolute atomic E-state index is 0.0368. The summed E-state index contributed by atoms with van der Waals surface area (Å²) in [7, 11) is -0.571. The maximum Gasteiger partial charge on any atom is 0.373 e. The van der Waals surface area contributed by atoms with Gasteiger partial charge in [-0.05, 0) is 25.2 Å². The van der Waals surface area contributed by atoms with Gasteiger partial charge in [-0.15, -0.1) is 0 Å². The molecule has 0 amide bonds. The Bertz CT molecular complexity index is 267. The van der Waals surface area contributed by atoms with Gasteiger partial charge in [-0.25, -0.2) is 0 Å². The van der Waals surface area contributed by atoms with Crippen LogP contribution in [0.15, 0.2) is 30.3 Å². The minimum atomic E-state index is -0.571. The predicted molar refractivity (Wildman–Crippen MR) is 62.6 cm³/mol.